The average molecular weight is 605 g/mol. The molecule has 0 spiro atoms. The molecule has 0 bridgehead atoms. The standard InChI is InChI=1S/C30H29F5N4O4/c1-38-11-9-16(10-12-38)24-8-7-21(31)27(36-24)39-15-20(25-22(32)13-19(42-2)14-23(25)33)26(29(39)41)37-28(40)17-3-5-18(6-4-17)43-30(34)35/h3-8,13-14,16,20,26,30H,9-12,15H2,1-2H3,(H,37,40)/t20-,26-/m0/s1. The Balaban J connectivity index is 1.49. The number of rotatable bonds is 8. The molecule has 5 rings (SSSR count). The summed E-state index contributed by atoms with van der Waals surface area (Å²) in [6.45, 7) is -1.80. The number of aromatic nitrogens is 1. The van der Waals surface area contributed by atoms with E-state index in [9.17, 15) is 18.4 Å². The Morgan fingerprint density at radius 2 is 1.63 bits per heavy atom. The summed E-state index contributed by atoms with van der Waals surface area (Å²) in [6.07, 6.45) is 1.57. The summed E-state index contributed by atoms with van der Waals surface area (Å²) in [5, 5.41) is 2.50. The first-order valence-corrected chi connectivity index (χ1v) is 13.6. The lowest BCUT2D eigenvalue weighted by atomic mass is 9.92. The minimum atomic E-state index is -3.07. The maximum Gasteiger partial charge on any atom is 0.387 e. The molecular weight excluding hydrogens is 575 g/mol. The van der Waals surface area contributed by atoms with E-state index in [2.05, 4.69) is 19.9 Å². The van der Waals surface area contributed by atoms with E-state index in [1.165, 1.54) is 25.3 Å². The number of pyridine rings is 1. The van der Waals surface area contributed by atoms with Crippen molar-refractivity contribution in [3.05, 3.63) is 82.8 Å². The van der Waals surface area contributed by atoms with Gasteiger partial charge in [-0.2, -0.15) is 8.78 Å². The Morgan fingerprint density at radius 3 is 2.23 bits per heavy atom. The van der Waals surface area contributed by atoms with Gasteiger partial charge >= 0.3 is 6.61 Å². The van der Waals surface area contributed by atoms with Crippen LogP contribution in [0.25, 0.3) is 0 Å². The lowest BCUT2D eigenvalue weighted by Gasteiger charge is -2.29. The minimum Gasteiger partial charge on any atom is -0.497 e. The summed E-state index contributed by atoms with van der Waals surface area (Å²) in [7, 11) is 3.24. The van der Waals surface area contributed by atoms with Crippen molar-refractivity contribution in [2.75, 3.05) is 38.7 Å². The van der Waals surface area contributed by atoms with Gasteiger partial charge in [-0.3, -0.25) is 14.5 Å². The Bertz CT molecular complexity index is 1480. The van der Waals surface area contributed by atoms with Crippen LogP contribution in [0.5, 0.6) is 11.5 Å². The number of piperidine rings is 1. The number of ether oxygens (including phenoxy) is 2. The van der Waals surface area contributed by atoms with Crippen molar-refractivity contribution in [3.8, 4) is 11.5 Å². The van der Waals surface area contributed by atoms with Crippen molar-refractivity contribution in [2.45, 2.75) is 37.3 Å². The van der Waals surface area contributed by atoms with Gasteiger partial charge in [-0.15, -0.1) is 0 Å². The number of carbonyl (C=O) groups excluding carboxylic acids is 2. The van der Waals surface area contributed by atoms with E-state index in [0.717, 1.165) is 55.1 Å². The van der Waals surface area contributed by atoms with Crippen LogP contribution < -0.4 is 19.7 Å². The number of benzene rings is 2. The van der Waals surface area contributed by atoms with Crippen LogP contribution in [0.3, 0.4) is 0 Å². The predicted octanol–water partition coefficient (Wildman–Crippen LogP) is 4.85. The van der Waals surface area contributed by atoms with Gasteiger partial charge in [0, 0.05) is 47.3 Å². The summed E-state index contributed by atoms with van der Waals surface area (Å²) >= 11 is 0. The van der Waals surface area contributed by atoms with Gasteiger partial charge in [-0.05, 0) is 69.4 Å². The fraction of sp³-hybridized carbons (Fsp3) is 0.367. The summed E-state index contributed by atoms with van der Waals surface area (Å²) in [4.78, 5) is 34.6. The molecule has 0 saturated carbocycles. The first kappa shape index (κ1) is 30.2. The molecule has 13 heteroatoms. The molecule has 2 atom stereocenters. The SMILES string of the molecule is COc1cc(F)c([C@@H]2CN(c3nc(C4CCN(C)CC4)ccc3F)C(=O)[C@H]2NC(=O)c2ccc(OC(F)F)cc2)c(F)c1. The van der Waals surface area contributed by atoms with Crippen LogP contribution in [0.4, 0.5) is 27.8 Å². The number of nitrogens with zero attached hydrogens (tertiary/aromatic N) is 3. The van der Waals surface area contributed by atoms with E-state index < -0.39 is 53.4 Å². The molecule has 8 nitrogen and oxygen atoms in total. The van der Waals surface area contributed by atoms with E-state index in [-0.39, 0.29) is 35.3 Å². The van der Waals surface area contributed by atoms with Crippen LogP contribution in [0, 0.1) is 17.5 Å². The molecule has 1 aromatic heterocycles. The van der Waals surface area contributed by atoms with Crippen molar-refractivity contribution in [1.82, 2.24) is 15.2 Å². The zero-order valence-corrected chi connectivity index (χ0v) is 23.3. The topological polar surface area (TPSA) is 84.0 Å². The molecule has 0 unspecified atom stereocenters. The zero-order valence-electron chi connectivity index (χ0n) is 23.3. The average Bonchev–Trinajstić information content (AvgIpc) is 3.28. The quantitative estimate of drug-likeness (QED) is 0.371. The van der Waals surface area contributed by atoms with Gasteiger partial charge in [-0.25, -0.2) is 18.2 Å². The van der Waals surface area contributed by atoms with Gasteiger partial charge in [0.2, 0.25) is 0 Å². The summed E-state index contributed by atoms with van der Waals surface area (Å²) < 4.78 is 80.0. The summed E-state index contributed by atoms with van der Waals surface area (Å²) in [5.41, 5.74) is 0.0691. The molecule has 228 valence electrons. The van der Waals surface area contributed by atoms with Gasteiger partial charge in [-0.1, -0.05) is 0 Å². The fourth-order valence-corrected chi connectivity index (χ4v) is 5.56. The van der Waals surface area contributed by atoms with Crippen LogP contribution in [-0.2, 0) is 4.79 Å². The molecule has 3 heterocycles. The highest BCUT2D eigenvalue weighted by atomic mass is 19.3. The number of hydrogen-bond donors (Lipinski definition) is 1. The molecule has 43 heavy (non-hydrogen) atoms. The Hall–Kier alpha value is -4.26. The van der Waals surface area contributed by atoms with Crippen molar-refractivity contribution < 1.29 is 41.0 Å². The molecule has 2 amide bonds. The van der Waals surface area contributed by atoms with E-state index in [1.54, 1.807) is 6.07 Å². The number of hydrogen-bond acceptors (Lipinski definition) is 6. The lowest BCUT2D eigenvalue weighted by Crippen LogP contribution is -2.44. The number of alkyl halides is 2. The monoisotopic (exact) mass is 604 g/mol. The van der Waals surface area contributed by atoms with E-state index in [4.69, 9.17) is 4.74 Å². The molecule has 2 fully saturated rings. The highest BCUT2D eigenvalue weighted by Crippen LogP contribution is 2.38. The molecule has 2 aliphatic rings. The highest BCUT2D eigenvalue weighted by Gasteiger charge is 2.46. The smallest absolute Gasteiger partial charge is 0.387 e. The van der Waals surface area contributed by atoms with Crippen molar-refractivity contribution in [1.29, 1.82) is 0 Å². The number of methoxy groups -OCH3 is 1. The number of amides is 2. The number of likely N-dealkylation sites (tertiary alicyclic amines) is 1. The molecule has 3 aromatic rings. The van der Waals surface area contributed by atoms with Gasteiger partial charge in [0.15, 0.2) is 11.6 Å². The number of carbonyl (C=O) groups is 2. The van der Waals surface area contributed by atoms with Gasteiger partial charge in [0.05, 0.1) is 7.11 Å². The van der Waals surface area contributed by atoms with Crippen LogP contribution in [-0.4, -0.2) is 68.1 Å². The molecule has 1 N–H and O–H groups in total. The largest absolute Gasteiger partial charge is 0.497 e. The third-order valence-electron chi connectivity index (χ3n) is 7.84. The van der Waals surface area contributed by atoms with Crippen LogP contribution in [0.2, 0.25) is 0 Å². The molecule has 0 aliphatic carbocycles. The second-order valence-corrected chi connectivity index (χ2v) is 10.5. The molecule has 2 saturated heterocycles. The number of anilines is 1. The van der Waals surface area contributed by atoms with Crippen molar-refractivity contribution in [2.24, 2.45) is 0 Å². The second-order valence-electron chi connectivity index (χ2n) is 10.5. The van der Waals surface area contributed by atoms with E-state index in [0.29, 0.717) is 5.69 Å². The Labute approximate surface area is 244 Å². The van der Waals surface area contributed by atoms with Crippen molar-refractivity contribution >= 4 is 17.6 Å². The first-order valence-electron chi connectivity index (χ1n) is 13.6. The third kappa shape index (κ3) is 6.41. The minimum absolute atomic E-state index is 0.0316. The van der Waals surface area contributed by atoms with Crippen molar-refractivity contribution in [3.63, 3.8) is 0 Å². The molecular formula is C30H29F5N4O4. The number of halogens is 5. The van der Waals surface area contributed by atoms with Gasteiger partial charge in [0.1, 0.15) is 29.2 Å². The Morgan fingerprint density at radius 1 is 0.977 bits per heavy atom. The first-order chi connectivity index (χ1) is 20.5. The van der Waals surface area contributed by atoms with E-state index in [1.807, 2.05) is 7.05 Å². The summed E-state index contributed by atoms with van der Waals surface area (Å²) in [6, 6.07) is 7.82. The van der Waals surface area contributed by atoms with E-state index >= 15 is 13.2 Å². The lowest BCUT2D eigenvalue weighted by molar-refractivity contribution is -0.118. The van der Waals surface area contributed by atoms with Gasteiger partial charge < -0.3 is 19.7 Å². The molecule has 0 radical (unpaired) electrons. The second kappa shape index (κ2) is 12.5. The summed E-state index contributed by atoms with van der Waals surface area (Å²) in [5.74, 6) is -6.31. The number of nitrogens with one attached hydrogen (secondary N) is 1. The maximum absolute atomic E-state index is 15.3. The van der Waals surface area contributed by atoms with Crippen LogP contribution in [0.15, 0.2) is 48.5 Å². The molecule has 2 aliphatic heterocycles. The zero-order chi connectivity index (χ0) is 30.8. The maximum atomic E-state index is 15.3. The normalized spacial score (nSPS) is 19.6. The third-order valence-corrected chi connectivity index (χ3v) is 7.84. The highest BCUT2D eigenvalue weighted by molar-refractivity contribution is 6.04. The molecule has 2 aromatic carbocycles. The Kier molecular flexibility index (Phi) is 8.81. The van der Waals surface area contributed by atoms with Crippen LogP contribution in [0.1, 0.15) is 46.3 Å². The van der Waals surface area contributed by atoms with Crippen LogP contribution >= 0.6 is 0 Å². The fourth-order valence-electron chi connectivity index (χ4n) is 5.56. The predicted molar refractivity (Wildman–Crippen MR) is 146 cm³/mol. The van der Waals surface area contributed by atoms with Gasteiger partial charge in [0.25, 0.3) is 11.8 Å².